The maximum atomic E-state index is 11.9. The van der Waals surface area contributed by atoms with Crippen LogP contribution in [0.25, 0.3) is 11.4 Å². The van der Waals surface area contributed by atoms with E-state index in [0.717, 1.165) is 28.3 Å². The van der Waals surface area contributed by atoms with Crippen LogP contribution in [-0.2, 0) is 11.5 Å². The third-order valence-corrected chi connectivity index (χ3v) is 4.28. The van der Waals surface area contributed by atoms with Gasteiger partial charge in [-0.1, -0.05) is 11.6 Å². The molecular weight excluding hydrogens is 284 g/mol. The van der Waals surface area contributed by atoms with E-state index in [1.807, 2.05) is 6.07 Å². The SMILES string of the molecule is COc1ccc(-c2nc3c(c(=O)[nH]2)CSC3)cc1Cl. The molecule has 0 spiro atoms. The quantitative estimate of drug-likeness (QED) is 0.925. The first-order valence-electron chi connectivity index (χ1n) is 5.73. The Morgan fingerprint density at radius 1 is 1.42 bits per heavy atom. The molecule has 0 bridgehead atoms. The number of ether oxygens (including phenoxy) is 1. The molecule has 0 unspecified atom stereocenters. The van der Waals surface area contributed by atoms with Crippen molar-refractivity contribution in [3.8, 4) is 17.1 Å². The number of thioether (sulfide) groups is 1. The fourth-order valence-corrected chi connectivity index (χ4v) is 3.31. The first-order chi connectivity index (χ1) is 9.19. The Bertz CT molecular complexity index is 700. The minimum atomic E-state index is -0.0584. The minimum Gasteiger partial charge on any atom is -0.495 e. The molecule has 0 aliphatic carbocycles. The summed E-state index contributed by atoms with van der Waals surface area (Å²) < 4.78 is 5.11. The van der Waals surface area contributed by atoms with Gasteiger partial charge in [0.1, 0.15) is 11.6 Å². The summed E-state index contributed by atoms with van der Waals surface area (Å²) in [6, 6.07) is 5.34. The molecule has 1 N–H and O–H groups in total. The number of nitrogens with zero attached hydrogens (tertiary/aromatic N) is 1. The Labute approximate surface area is 119 Å². The summed E-state index contributed by atoms with van der Waals surface area (Å²) in [5.41, 5.74) is 2.38. The van der Waals surface area contributed by atoms with Gasteiger partial charge < -0.3 is 9.72 Å². The van der Waals surface area contributed by atoms with Crippen LogP contribution in [0.15, 0.2) is 23.0 Å². The topological polar surface area (TPSA) is 55.0 Å². The normalized spacial score (nSPS) is 13.4. The molecule has 1 aliphatic rings. The van der Waals surface area contributed by atoms with Crippen molar-refractivity contribution in [3.63, 3.8) is 0 Å². The molecule has 6 heteroatoms. The molecule has 0 saturated heterocycles. The van der Waals surface area contributed by atoms with Crippen LogP contribution in [0.2, 0.25) is 5.02 Å². The average molecular weight is 295 g/mol. The molecule has 0 fully saturated rings. The van der Waals surface area contributed by atoms with E-state index in [4.69, 9.17) is 16.3 Å². The van der Waals surface area contributed by atoms with Gasteiger partial charge in [-0.05, 0) is 18.2 Å². The van der Waals surface area contributed by atoms with E-state index in [0.29, 0.717) is 16.6 Å². The zero-order chi connectivity index (χ0) is 13.4. The smallest absolute Gasteiger partial charge is 0.255 e. The highest BCUT2D eigenvalue weighted by Gasteiger charge is 2.18. The number of hydrogen-bond donors (Lipinski definition) is 1. The zero-order valence-corrected chi connectivity index (χ0v) is 11.8. The highest BCUT2D eigenvalue weighted by Crippen LogP contribution is 2.30. The first kappa shape index (κ1) is 12.6. The molecule has 1 aliphatic heterocycles. The maximum Gasteiger partial charge on any atom is 0.255 e. The van der Waals surface area contributed by atoms with Gasteiger partial charge in [0.25, 0.3) is 5.56 Å². The molecule has 3 rings (SSSR count). The Hall–Kier alpha value is -1.46. The van der Waals surface area contributed by atoms with Gasteiger partial charge in [-0.25, -0.2) is 4.98 Å². The van der Waals surface area contributed by atoms with Crippen molar-refractivity contribution >= 4 is 23.4 Å². The van der Waals surface area contributed by atoms with Crippen LogP contribution in [-0.4, -0.2) is 17.1 Å². The van der Waals surface area contributed by atoms with E-state index >= 15 is 0 Å². The number of aromatic amines is 1. The van der Waals surface area contributed by atoms with Crippen molar-refractivity contribution in [1.82, 2.24) is 9.97 Å². The van der Waals surface area contributed by atoms with Crippen molar-refractivity contribution in [2.45, 2.75) is 11.5 Å². The second kappa shape index (κ2) is 4.90. The lowest BCUT2D eigenvalue weighted by molar-refractivity contribution is 0.415. The van der Waals surface area contributed by atoms with Crippen molar-refractivity contribution in [2.24, 2.45) is 0 Å². The molecule has 0 saturated carbocycles. The fourth-order valence-electron chi connectivity index (χ4n) is 2.01. The van der Waals surface area contributed by atoms with Gasteiger partial charge in [0.15, 0.2) is 0 Å². The van der Waals surface area contributed by atoms with E-state index in [2.05, 4.69) is 9.97 Å². The zero-order valence-electron chi connectivity index (χ0n) is 10.2. The van der Waals surface area contributed by atoms with E-state index < -0.39 is 0 Å². The third-order valence-electron chi connectivity index (χ3n) is 3.01. The van der Waals surface area contributed by atoms with E-state index in [-0.39, 0.29) is 5.56 Å². The van der Waals surface area contributed by atoms with Crippen LogP contribution in [0.4, 0.5) is 0 Å². The summed E-state index contributed by atoms with van der Waals surface area (Å²) in [6.45, 7) is 0. The van der Waals surface area contributed by atoms with E-state index in [1.54, 1.807) is 31.0 Å². The van der Waals surface area contributed by atoms with Crippen LogP contribution in [0, 0.1) is 0 Å². The van der Waals surface area contributed by atoms with Crippen LogP contribution < -0.4 is 10.3 Å². The lowest BCUT2D eigenvalue weighted by Gasteiger charge is -2.07. The number of halogens is 1. The standard InChI is InChI=1S/C13H11ClN2O2S/c1-18-11-3-2-7(4-9(11)14)12-15-10-6-19-5-8(10)13(17)16-12/h2-4H,5-6H2,1H3,(H,15,16,17). The Balaban J connectivity index is 2.10. The first-order valence-corrected chi connectivity index (χ1v) is 7.26. The predicted molar refractivity (Wildman–Crippen MR) is 76.9 cm³/mol. The van der Waals surface area contributed by atoms with Gasteiger partial charge >= 0.3 is 0 Å². The van der Waals surface area contributed by atoms with Crippen molar-refractivity contribution in [3.05, 3.63) is 44.8 Å². The van der Waals surface area contributed by atoms with Gasteiger partial charge in [-0.15, -0.1) is 0 Å². The van der Waals surface area contributed by atoms with Gasteiger partial charge in [0.05, 0.1) is 17.8 Å². The lowest BCUT2D eigenvalue weighted by atomic mass is 10.2. The molecule has 0 radical (unpaired) electrons. The molecule has 0 atom stereocenters. The predicted octanol–water partition coefficient (Wildman–Crippen LogP) is 2.85. The molecule has 4 nitrogen and oxygen atoms in total. The van der Waals surface area contributed by atoms with Crippen molar-refractivity contribution in [2.75, 3.05) is 7.11 Å². The van der Waals surface area contributed by atoms with Crippen LogP contribution >= 0.6 is 23.4 Å². The highest BCUT2D eigenvalue weighted by molar-refractivity contribution is 7.98. The van der Waals surface area contributed by atoms with Gasteiger partial charge in [0.2, 0.25) is 0 Å². The number of hydrogen-bond acceptors (Lipinski definition) is 4. The summed E-state index contributed by atoms with van der Waals surface area (Å²) in [5, 5.41) is 0.498. The van der Waals surface area contributed by atoms with Crippen molar-refractivity contribution in [1.29, 1.82) is 0 Å². The molecule has 0 amide bonds. The second-order valence-corrected chi connectivity index (χ2v) is 5.57. The third kappa shape index (κ3) is 2.24. The average Bonchev–Trinajstić information content (AvgIpc) is 2.87. The number of methoxy groups -OCH3 is 1. The Morgan fingerprint density at radius 3 is 3.00 bits per heavy atom. The molecule has 1 aromatic heterocycles. The summed E-state index contributed by atoms with van der Waals surface area (Å²) in [4.78, 5) is 19.3. The molecule has 2 heterocycles. The molecule has 98 valence electrons. The summed E-state index contributed by atoms with van der Waals surface area (Å²) in [5.74, 6) is 2.68. The van der Waals surface area contributed by atoms with Crippen LogP contribution in [0.5, 0.6) is 5.75 Å². The number of nitrogens with one attached hydrogen (secondary N) is 1. The van der Waals surface area contributed by atoms with Gasteiger partial charge in [-0.2, -0.15) is 11.8 Å². The van der Waals surface area contributed by atoms with Crippen LogP contribution in [0.3, 0.4) is 0 Å². The number of aromatic nitrogens is 2. The lowest BCUT2D eigenvalue weighted by Crippen LogP contribution is -2.15. The second-order valence-electron chi connectivity index (χ2n) is 4.18. The number of rotatable bonds is 2. The number of H-pyrrole nitrogens is 1. The summed E-state index contributed by atoms with van der Waals surface area (Å²) in [7, 11) is 1.56. The monoisotopic (exact) mass is 294 g/mol. The number of benzene rings is 1. The minimum absolute atomic E-state index is 0.0584. The van der Waals surface area contributed by atoms with Crippen molar-refractivity contribution < 1.29 is 4.74 Å². The van der Waals surface area contributed by atoms with E-state index in [9.17, 15) is 4.79 Å². The summed E-state index contributed by atoms with van der Waals surface area (Å²) in [6.07, 6.45) is 0. The summed E-state index contributed by atoms with van der Waals surface area (Å²) >= 11 is 7.79. The fraction of sp³-hybridized carbons (Fsp3) is 0.231. The largest absolute Gasteiger partial charge is 0.495 e. The Morgan fingerprint density at radius 2 is 2.26 bits per heavy atom. The molecule has 2 aromatic rings. The highest BCUT2D eigenvalue weighted by atomic mass is 35.5. The maximum absolute atomic E-state index is 11.9. The van der Waals surface area contributed by atoms with Gasteiger partial charge in [-0.3, -0.25) is 4.79 Å². The van der Waals surface area contributed by atoms with E-state index in [1.165, 1.54) is 0 Å². The van der Waals surface area contributed by atoms with Crippen LogP contribution in [0.1, 0.15) is 11.3 Å². The molecular formula is C13H11ClN2O2S. The molecule has 19 heavy (non-hydrogen) atoms. The van der Waals surface area contributed by atoms with Gasteiger partial charge in [0, 0.05) is 22.6 Å². The Kier molecular flexibility index (Phi) is 3.24. The number of fused-ring (bicyclic) bond motifs is 1. The molecule has 1 aromatic carbocycles.